The van der Waals surface area contributed by atoms with Crippen molar-refractivity contribution in [3.63, 3.8) is 0 Å². The predicted molar refractivity (Wildman–Crippen MR) is 130 cm³/mol. The number of nitrogens with one attached hydrogen (secondary N) is 2. The summed E-state index contributed by atoms with van der Waals surface area (Å²) in [6, 6.07) is 12.4. The minimum absolute atomic E-state index is 0.104. The van der Waals surface area contributed by atoms with Crippen molar-refractivity contribution in [3.05, 3.63) is 48.0 Å². The lowest BCUT2D eigenvalue weighted by Crippen LogP contribution is -2.36. The van der Waals surface area contributed by atoms with Crippen molar-refractivity contribution in [2.45, 2.75) is 39.7 Å². The first-order valence-corrected chi connectivity index (χ1v) is 11.2. The lowest BCUT2D eigenvalue weighted by atomic mass is 10.2. The molecule has 3 rings (SSSR count). The van der Waals surface area contributed by atoms with Crippen LogP contribution in [-0.4, -0.2) is 49.3 Å². The average Bonchev–Trinajstić information content (AvgIpc) is 3.26. The van der Waals surface area contributed by atoms with E-state index in [2.05, 4.69) is 29.6 Å². The summed E-state index contributed by atoms with van der Waals surface area (Å²) in [4.78, 5) is 24.0. The molecule has 0 radical (unpaired) electrons. The Morgan fingerprint density at radius 2 is 1.82 bits per heavy atom. The van der Waals surface area contributed by atoms with Crippen LogP contribution in [0.2, 0.25) is 0 Å². The van der Waals surface area contributed by atoms with Gasteiger partial charge in [0.1, 0.15) is 6.04 Å². The molecular formula is C25H32N4O4. The Bertz CT molecular complexity index is 988. The Morgan fingerprint density at radius 1 is 1.12 bits per heavy atom. The van der Waals surface area contributed by atoms with Crippen molar-refractivity contribution < 1.29 is 19.1 Å². The van der Waals surface area contributed by atoms with Gasteiger partial charge in [-0.3, -0.25) is 14.6 Å². The van der Waals surface area contributed by atoms with Gasteiger partial charge in [0.15, 0.2) is 11.5 Å². The van der Waals surface area contributed by atoms with Crippen molar-refractivity contribution in [1.29, 1.82) is 0 Å². The molecule has 1 atom stereocenters. The molecule has 8 heteroatoms. The summed E-state index contributed by atoms with van der Waals surface area (Å²) in [5.74, 6) is 1.51. The summed E-state index contributed by atoms with van der Waals surface area (Å²) in [6.45, 7) is 6.94. The number of methoxy groups -OCH3 is 1. The molecule has 0 spiro atoms. The van der Waals surface area contributed by atoms with Crippen LogP contribution in [0.1, 0.15) is 39.2 Å². The highest BCUT2D eigenvalue weighted by atomic mass is 16.5. The molecule has 1 unspecified atom stereocenters. The summed E-state index contributed by atoms with van der Waals surface area (Å²) >= 11 is 0. The fraction of sp³-hybridized carbons (Fsp3) is 0.400. The van der Waals surface area contributed by atoms with E-state index in [0.717, 1.165) is 18.4 Å². The zero-order chi connectivity index (χ0) is 23.8. The molecule has 1 aliphatic rings. The molecule has 2 aromatic rings. The van der Waals surface area contributed by atoms with Crippen LogP contribution in [0.5, 0.6) is 11.5 Å². The fourth-order valence-electron chi connectivity index (χ4n) is 3.51. The number of hydrogen-bond acceptors (Lipinski definition) is 6. The number of benzene rings is 2. The predicted octanol–water partition coefficient (Wildman–Crippen LogP) is 4.13. The third-order valence-electron chi connectivity index (χ3n) is 5.11. The van der Waals surface area contributed by atoms with Gasteiger partial charge in [-0.05, 0) is 66.8 Å². The zero-order valence-electron chi connectivity index (χ0n) is 19.6. The van der Waals surface area contributed by atoms with Crippen LogP contribution in [0.25, 0.3) is 0 Å². The number of hydrazone groups is 1. The van der Waals surface area contributed by atoms with Crippen molar-refractivity contribution >= 4 is 29.4 Å². The van der Waals surface area contributed by atoms with Gasteiger partial charge < -0.3 is 20.1 Å². The van der Waals surface area contributed by atoms with Crippen molar-refractivity contribution in [3.8, 4) is 11.5 Å². The molecule has 176 valence electrons. The van der Waals surface area contributed by atoms with Crippen LogP contribution in [0.3, 0.4) is 0 Å². The molecule has 1 saturated heterocycles. The first-order chi connectivity index (χ1) is 15.9. The second-order valence-electron chi connectivity index (χ2n) is 8.43. The normalized spacial score (nSPS) is 15.7. The number of carbonyl (C=O) groups is 2. The number of rotatable bonds is 9. The molecule has 33 heavy (non-hydrogen) atoms. The van der Waals surface area contributed by atoms with Crippen molar-refractivity contribution in [1.82, 2.24) is 5.01 Å². The Morgan fingerprint density at radius 3 is 2.45 bits per heavy atom. The van der Waals surface area contributed by atoms with Gasteiger partial charge in [-0.1, -0.05) is 13.8 Å². The number of amides is 2. The Balaban J connectivity index is 1.64. The fourth-order valence-corrected chi connectivity index (χ4v) is 3.51. The van der Waals surface area contributed by atoms with Gasteiger partial charge in [-0.2, -0.15) is 5.10 Å². The third-order valence-corrected chi connectivity index (χ3v) is 5.11. The van der Waals surface area contributed by atoms with E-state index in [1.807, 2.05) is 23.2 Å². The quantitative estimate of drug-likeness (QED) is 0.558. The SMILES string of the molecule is COc1ccc(/C=N/N2CCCC2C(=O)Nc2ccc(NC(C)=O)cc2)cc1OCC(C)C. The van der Waals surface area contributed by atoms with E-state index in [9.17, 15) is 9.59 Å². The topological polar surface area (TPSA) is 92.3 Å². The highest BCUT2D eigenvalue weighted by Crippen LogP contribution is 2.28. The lowest BCUT2D eigenvalue weighted by Gasteiger charge is -2.21. The van der Waals surface area contributed by atoms with Crippen LogP contribution < -0.4 is 20.1 Å². The van der Waals surface area contributed by atoms with Crippen LogP contribution in [0.4, 0.5) is 11.4 Å². The average molecular weight is 453 g/mol. The minimum atomic E-state index is -0.341. The van der Waals surface area contributed by atoms with E-state index in [1.54, 1.807) is 37.6 Å². The highest BCUT2D eigenvalue weighted by Gasteiger charge is 2.29. The molecule has 0 aromatic heterocycles. The molecule has 0 saturated carbocycles. The maximum absolute atomic E-state index is 12.9. The molecular weight excluding hydrogens is 420 g/mol. The van der Waals surface area contributed by atoms with E-state index in [4.69, 9.17) is 9.47 Å². The van der Waals surface area contributed by atoms with Gasteiger partial charge >= 0.3 is 0 Å². The maximum atomic E-state index is 12.9. The van der Waals surface area contributed by atoms with E-state index in [0.29, 0.717) is 41.9 Å². The highest BCUT2D eigenvalue weighted by molar-refractivity contribution is 5.95. The molecule has 8 nitrogen and oxygen atoms in total. The van der Waals surface area contributed by atoms with Crippen molar-refractivity contribution in [2.75, 3.05) is 30.9 Å². The molecule has 2 amide bonds. The largest absolute Gasteiger partial charge is 0.493 e. The van der Waals surface area contributed by atoms with Crippen molar-refractivity contribution in [2.24, 2.45) is 11.0 Å². The third kappa shape index (κ3) is 6.97. The monoisotopic (exact) mass is 452 g/mol. The van der Waals surface area contributed by atoms with E-state index in [-0.39, 0.29) is 17.9 Å². The molecule has 1 aliphatic heterocycles. The van der Waals surface area contributed by atoms with Gasteiger partial charge in [0, 0.05) is 24.8 Å². The number of ether oxygens (including phenoxy) is 2. The van der Waals surface area contributed by atoms with Gasteiger partial charge in [-0.25, -0.2) is 0 Å². The van der Waals surface area contributed by atoms with Crippen LogP contribution in [0.15, 0.2) is 47.6 Å². The standard InChI is InChI=1S/C25H32N4O4/c1-17(2)16-33-24-14-19(7-12-23(24)32-4)15-26-29-13-5-6-22(29)25(31)28-21-10-8-20(9-11-21)27-18(3)30/h7-12,14-15,17,22H,5-6,13,16H2,1-4H3,(H,27,30)(H,28,31)/b26-15+. The number of carbonyl (C=O) groups excluding carboxylic acids is 2. The Hall–Kier alpha value is -3.55. The minimum Gasteiger partial charge on any atom is -0.493 e. The first-order valence-electron chi connectivity index (χ1n) is 11.2. The van der Waals surface area contributed by atoms with E-state index in [1.165, 1.54) is 6.92 Å². The lowest BCUT2D eigenvalue weighted by molar-refractivity contribution is -0.120. The Labute approximate surface area is 195 Å². The van der Waals surface area contributed by atoms with Gasteiger partial charge in [-0.15, -0.1) is 0 Å². The number of nitrogens with zero attached hydrogens (tertiary/aromatic N) is 2. The smallest absolute Gasteiger partial charge is 0.248 e. The summed E-state index contributed by atoms with van der Waals surface area (Å²) in [5.41, 5.74) is 2.23. The number of anilines is 2. The maximum Gasteiger partial charge on any atom is 0.248 e. The van der Waals surface area contributed by atoms with E-state index >= 15 is 0 Å². The van der Waals surface area contributed by atoms with Crippen LogP contribution >= 0.6 is 0 Å². The summed E-state index contributed by atoms with van der Waals surface area (Å²) in [5, 5.41) is 12.0. The van der Waals surface area contributed by atoms with Crippen LogP contribution in [-0.2, 0) is 9.59 Å². The Kier molecular flexibility index (Phi) is 8.29. The summed E-state index contributed by atoms with van der Waals surface area (Å²) < 4.78 is 11.3. The van der Waals surface area contributed by atoms with Gasteiger partial charge in [0.25, 0.3) is 0 Å². The molecule has 2 N–H and O–H groups in total. The molecule has 0 aliphatic carbocycles. The second kappa shape index (κ2) is 11.4. The van der Waals surface area contributed by atoms with E-state index < -0.39 is 0 Å². The van der Waals surface area contributed by atoms with Gasteiger partial charge in [0.05, 0.1) is 19.9 Å². The molecule has 1 fully saturated rings. The zero-order valence-corrected chi connectivity index (χ0v) is 19.6. The number of hydrogen-bond donors (Lipinski definition) is 2. The molecule has 2 aromatic carbocycles. The summed E-state index contributed by atoms with van der Waals surface area (Å²) in [6.07, 6.45) is 3.37. The molecule has 1 heterocycles. The molecule has 0 bridgehead atoms. The summed E-state index contributed by atoms with van der Waals surface area (Å²) in [7, 11) is 1.62. The van der Waals surface area contributed by atoms with Crippen LogP contribution in [0, 0.1) is 5.92 Å². The first kappa shape index (κ1) is 24.1. The van der Waals surface area contributed by atoms with Gasteiger partial charge in [0.2, 0.25) is 11.8 Å². The second-order valence-corrected chi connectivity index (χ2v) is 8.43.